The zero-order valence-corrected chi connectivity index (χ0v) is 12.4. The molecule has 0 bridgehead atoms. The van der Waals surface area contributed by atoms with E-state index in [0.29, 0.717) is 5.96 Å². The number of aliphatic imine (C=N–C) groups is 1. The lowest BCUT2D eigenvalue weighted by molar-refractivity contribution is 0.375. The van der Waals surface area contributed by atoms with Gasteiger partial charge in [-0.3, -0.25) is 0 Å². The number of hydrogen-bond acceptors (Lipinski definition) is 4. The van der Waals surface area contributed by atoms with E-state index in [2.05, 4.69) is 48.3 Å². The SMILES string of the molecule is CCc1ccccc1-c1ccc2c(c1)N=C(N)N(C)C2N. The molecule has 21 heavy (non-hydrogen) atoms. The number of nitrogens with two attached hydrogens (primary N) is 2. The molecule has 4 nitrogen and oxygen atoms in total. The summed E-state index contributed by atoms with van der Waals surface area (Å²) in [4.78, 5) is 6.24. The standard InChI is InChI=1S/C17H20N4/c1-3-11-6-4-5-7-13(11)12-8-9-14-15(10-12)20-17(19)21(2)16(14)18/h4-10,16H,3,18H2,1-2H3,(H2,19,20). The smallest absolute Gasteiger partial charge is 0.197 e. The van der Waals surface area contributed by atoms with Crippen LogP contribution in [0.25, 0.3) is 11.1 Å². The monoisotopic (exact) mass is 280 g/mol. The highest BCUT2D eigenvalue weighted by atomic mass is 15.3. The molecule has 1 unspecified atom stereocenters. The summed E-state index contributed by atoms with van der Waals surface area (Å²) in [6.45, 7) is 2.16. The van der Waals surface area contributed by atoms with Gasteiger partial charge < -0.3 is 16.4 Å². The summed E-state index contributed by atoms with van der Waals surface area (Å²) < 4.78 is 0. The topological polar surface area (TPSA) is 67.6 Å². The number of aryl methyl sites for hydroxylation is 1. The van der Waals surface area contributed by atoms with Crippen molar-refractivity contribution in [1.29, 1.82) is 0 Å². The summed E-state index contributed by atoms with van der Waals surface area (Å²) in [5.41, 5.74) is 17.7. The molecule has 0 spiro atoms. The molecule has 1 atom stereocenters. The minimum Gasteiger partial charge on any atom is -0.369 e. The number of benzene rings is 2. The van der Waals surface area contributed by atoms with Crippen molar-refractivity contribution in [1.82, 2.24) is 4.90 Å². The molecule has 2 aromatic rings. The van der Waals surface area contributed by atoms with Gasteiger partial charge in [-0.1, -0.05) is 43.3 Å². The van der Waals surface area contributed by atoms with Gasteiger partial charge in [0.2, 0.25) is 0 Å². The fourth-order valence-electron chi connectivity index (χ4n) is 2.72. The molecule has 1 aliphatic rings. The molecule has 0 fully saturated rings. The Balaban J connectivity index is 2.12. The van der Waals surface area contributed by atoms with Crippen LogP contribution in [0.2, 0.25) is 0 Å². The maximum absolute atomic E-state index is 6.19. The third kappa shape index (κ3) is 2.28. The van der Waals surface area contributed by atoms with Gasteiger partial charge in [-0.25, -0.2) is 4.99 Å². The molecule has 4 N–H and O–H groups in total. The van der Waals surface area contributed by atoms with E-state index in [1.54, 1.807) is 4.90 Å². The van der Waals surface area contributed by atoms with Crippen molar-refractivity contribution in [2.24, 2.45) is 16.5 Å². The van der Waals surface area contributed by atoms with E-state index < -0.39 is 0 Å². The number of rotatable bonds is 2. The van der Waals surface area contributed by atoms with Crippen molar-refractivity contribution in [3.8, 4) is 11.1 Å². The highest BCUT2D eigenvalue weighted by Crippen LogP contribution is 2.35. The fourth-order valence-corrected chi connectivity index (χ4v) is 2.72. The molecule has 1 aliphatic heterocycles. The Bertz CT molecular complexity index is 706. The average Bonchev–Trinajstić information content (AvgIpc) is 2.52. The summed E-state index contributed by atoms with van der Waals surface area (Å²) >= 11 is 0. The Morgan fingerprint density at radius 1 is 1.19 bits per heavy atom. The van der Waals surface area contributed by atoms with Gasteiger partial charge in [0, 0.05) is 12.6 Å². The summed E-state index contributed by atoms with van der Waals surface area (Å²) in [5, 5.41) is 0. The first-order valence-corrected chi connectivity index (χ1v) is 7.16. The Morgan fingerprint density at radius 2 is 1.95 bits per heavy atom. The Morgan fingerprint density at radius 3 is 2.71 bits per heavy atom. The van der Waals surface area contributed by atoms with Gasteiger partial charge in [0.1, 0.15) is 6.17 Å². The fraction of sp³-hybridized carbons (Fsp3) is 0.235. The molecule has 3 rings (SSSR count). The van der Waals surface area contributed by atoms with E-state index in [0.717, 1.165) is 23.2 Å². The van der Waals surface area contributed by atoms with Crippen molar-refractivity contribution in [2.75, 3.05) is 7.05 Å². The first-order chi connectivity index (χ1) is 10.1. The van der Waals surface area contributed by atoms with Crippen LogP contribution >= 0.6 is 0 Å². The second kappa shape index (κ2) is 5.22. The van der Waals surface area contributed by atoms with Crippen LogP contribution in [0, 0.1) is 0 Å². The van der Waals surface area contributed by atoms with Gasteiger partial charge in [-0.05, 0) is 29.2 Å². The van der Waals surface area contributed by atoms with Crippen LogP contribution < -0.4 is 11.5 Å². The van der Waals surface area contributed by atoms with Gasteiger partial charge in [-0.15, -0.1) is 0 Å². The van der Waals surface area contributed by atoms with Crippen LogP contribution in [0.1, 0.15) is 24.2 Å². The Kier molecular flexibility index (Phi) is 3.39. The molecule has 0 radical (unpaired) electrons. The highest BCUT2D eigenvalue weighted by Gasteiger charge is 2.23. The molecule has 0 saturated carbocycles. The van der Waals surface area contributed by atoms with Crippen LogP contribution in [-0.2, 0) is 6.42 Å². The minimum atomic E-state index is -0.243. The van der Waals surface area contributed by atoms with E-state index in [1.165, 1.54) is 11.1 Å². The van der Waals surface area contributed by atoms with Crippen molar-refractivity contribution in [3.63, 3.8) is 0 Å². The maximum Gasteiger partial charge on any atom is 0.197 e. The van der Waals surface area contributed by atoms with Crippen LogP contribution in [0.4, 0.5) is 5.69 Å². The van der Waals surface area contributed by atoms with Crippen LogP contribution in [0.3, 0.4) is 0 Å². The second-order valence-corrected chi connectivity index (χ2v) is 5.31. The van der Waals surface area contributed by atoms with Crippen molar-refractivity contribution >= 4 is 11.6 Å². The van der Waals surface area contributed by atoms with Crippen LogP contribution in [0.5, 0.6) is 0 Å². The first kappa shape index (κ1) is 13.6. The van der Waals surface area contributed by atoms with E-state index in [4.69, 9.17) is 11.5 Å². The number of nitrogens with zero attached hydrogens (tertiary/aromatic N) is 2. The third-order valence-electron chi connectivity index (χ3n) is 4.07. The molecule has 4 heteroatoms. The summed E-state index contributed by atoms with van der Waals surface area (Å²) in [6.07, 6.45) is 0.758. The maximum atomic E-state index is 6.19. The molecule has 108 valence electrons. The van der Waals surface area contributed by atoms with Gasteiger partial charge >= 0.3 is 0 Å². The summed E-state index contributed by atoms with van der Waals surface area (Å²) in [6, 6.07) is 14.7. The number of fused-ring (bicyclic) bond motifs is 1. The normalized spacial score (nSPS) is 17.4. The van der Waals surface area contributed by atoms with Gasteiger partial charge in [0.15, 0.2) is 5.96 Å². The molecule has 0 amide bonds. The zero-order chi connectivity index (χ0) is 15.0. The summed E-state index contributed by atoms with van der Waals surface area (Å²) in [7, 11) is 1.85. The molecule has 1 heterocycles. The van der Waals surface area contributed by atoms with Crippen LogP contribution in [0.15, 0.2) is 47.5 Å². The molecular formula is C17H20N4. The Labute approximate surface area is 125 Å². The largest absolute Gasteiger partial charge is 0.369 e. The second-order valence-electron chi connectivity index (χ2n) is 5.31. The van der Waals surface area contributed by atoms with Gasteiger partial charge in [-0.2, -0.15) is 0 Å². The molecule has 2 aromatic carbocycles. The van der Waals surface area contributed by atoms with E-state index in [9.17, 15) is 0 Å². The molecular weight excluding hydrogens is 260 g/mol. The Hall–Kier alpha value is -2.33. The number of hydrogen-bond donors (Lipinski definition) is 2. The minimum absolute atomic E-state index is 0.243. The quantitative estimate of drug-likeness (QED) is 0.889. The predicted octanol–water partition coefficient (Wildman–Crippen LogP) is 2.76. The lowest BCUT2D eigenvalue weighted by Crippen LogP contribution is -2.42. The number of guanidine groups is 1. The van der Waals surface area contributed by atoms with Crippen molar-refractivity contribution in [3.05, 3.63) is 53.6 Å². The molecule has 0 aliphatic carbocycles. The predicted molar refractivity (Wildman–Crippen MR) is 87.2 cm³/mol. The van der Waals surface area contributed by atoms with Gasteiger partial charge in [0.05, 0.1) is 5.69 Å². The lowest BCUT2D eigenvalue weighted by Gasteiger charge is -2.31. The van der Waals surface area contributed by atoms with Crippen LogP contribution in [-0.4, -0.2) is 17.9 Å². The van der Waals surface area contributed by atoms with Gasteiger partial charge in [0.25, 0.3) is 0 Å². The van der Waals surface area contributed by atoms with Crippen molar-refractivity contribution in [2.45, 2.75) is 19.5 Å². The lowest BCUT2D eigenvalue weighted by atomic mass is 9.95. The van der Waals surface area contributed by atoms with E-state index in [-0.39, 0.29) is 6.17 Å². The third-order valence-corrected chi connectivity index (χ3v) is 4.07. The molecule has 0 saturated heterocycles. The first-order valence-electron chi connectivity index (χ1n) is 7.16. The summed E-state index contributed by atoms with van der Waals surface area (Å²) in [5.74, 6) is 0.455. The van der Waals surface area contributed by atoms with Crippen molar-refractivity contribution < 1.29 is 0 Å². The molecule has 0 aromatic heterocycles. The van der Waals surface area contributed by atoms with E-state index in [1.807, 2.05) is 13.1 Å². The zero-order valence-electron chi connectivity index (χ0n) is 12.4. The average molecular weight is 280 g/mol. The highest BCUT2D eigenvalue weighted by molar-refractivity contribution is 5.85. The van der Waals surface area contributed by atoms with E-state index >= 15 is 0 Å².